The number of nitrogens with zero attached hydrogens (tertiary/aromatic N) is 5. The van der Waals surface area contributed by atoms with Gasteiger partial charge in [-0.2, -0.15) is 9.78 Å². The number of hydrogen-bond donors (Lipinski definition) is 0. The van der Waals surface area contributed by atoms with Gasteiger partial charge in [0.15, 0.2) is 11.6 Å². The van der Waals surface area contributed by atoms with Crippen molar-refractivity contribution in [1.82, 2.24) is 9.66 Å². The Morgan fingerprint density at radius 2 is 1.55 bits per heavy atom. The summed E-state index contributed by atoms with van der Waals surface area (Å²) >= 11 is 6.80. The highest BCUT2D eigenvalue weighted by atomic mass is 79.9. The molecule has 0 unspecified atom stereocenters. The van der Waals surface area contributed by atoms with Gasteiger partial charge in [-0.1, -0.05) is 28.1 Å². The number of ether oxygens (including phenoxy) is 1. The van der Waals surface area contributed by atoms with Crippen LogP contribution in [0.25, 0.3) is 28.4 Å². The fourth-order valence-electron chi connectivity index (χ4n) is 4.06. The summed E-state index contributed by atoms with van der Waals surface area (Å²) in [6.45, 7) is 0. The molecule has 12 nitrogen and oxygen atoms in total. The highest BCUT2D eigenvalue weighted by Gasteiger charge is 2.16. The summed E-state index contributed by atoms with van der Waals surface area (Å²) in [6.07, 6.45) is 3.94. The Balaban J connectivity index is 1.52. The Bertz CT molecular complexity index is 2060. The van der Waals surface area contributed by atoms with Crippen LogP contribution in [0.1, 0.15) is 11.1 Å². The fraction of sp³-hybridized carbons (Fsp3) is 0. The molecule has 0 radical (unpaired) electrons. The monoisotopic (exact) mass is 717 g/mol. The summed E-state index contributed by atoms with van der Waals surface area (Å²) in [5, 5.41) is 26.7. The lowest BCUT2D eigenvalue weighted by Crippen LogP contribution is -2.20. The van der Waals surface area contributed by atoms with E-state index in [1.807, 2.05) is 0 Å². The number of carbonyl (C=O) groups is 1. The molecule has 0 aliphatic heterocycles. The zero-order valence-corrected chi connectivity index (χ0v) is 25.3. The summed E-state index contributed by atoms with van der Waals surface area (Å²) in [4.78, 5) is 51.8. The van der Waals surface area contributed by atoms with Crippen molar-refractivity contribution in [2.45, 2.75) is 0 Å². The van der Waals surface area contributed by atoms with Crippen molar-refractivity contribution in [3.05, 3.63) is 142 Å². The second-order valence-electron chi connectivity index (χ2n) is 9.03. The summed E-state index contributed by atoms with van der Waals surface area (Å²) in [5.41, 5.74) is 0.999. The van der Waals surface area contributed by atoms with Crippen LogP contribution < -0.4 is 10.3 Å². The Morgan fingerprint density at radius 1 is 0.909 bits per heavy atom. The van der Waals surface area contributed by atoms with Crippen LogP contribution in [-0.4, -0.2) is 31.7 Å². The van der Waals surface area contributed by atoms with Crippen molar-refractivity contribution in [1.29, 1.82) is 0 Å². The predicted octanol–water partition coefficient (Wildman–Crippen LogP) is 6.91. The third-order valence-electron chi connectivity index (χ3n) is 6.16. The number of fused-ring (bicyclic) bond motifs is 1. The van der Waals surface area contributed by atoms with E-state index in [1.165, 1.54) is 66.9 Å². The number of aromatic nitrogens is 2. The lowest BCUT2D eigenvalue weighted by Gasteiger charge is -2.11. The van der Waals surface area contributed by atoms with Gasteiger partial charge >= 0.3 is 5.97 Å². The molecule has 218 valence electrons. The van der Waals surface area contributed by atoms with Gasteiger partial charge in [0.2, 0.25) is 0 Å². The van der Waals surface area contributed by atoms with Crippen LogP contribution in [0, 0.1) is 20.2 Å². The summed E-state index contributed by atoms with van der Waals surface area (Å²) in [5.74, 6) is -0.496. The maximum Gasteiger partial charge on any atom is 0.336 e. The second-order valence-corrected chi connectivity index (χ2v) is 10.8. The van der Waals surface area contributed by atoms with Crippen molar-refractivity contribution < 1.29 is 19.4 Å². The number of nitro benzene ring substituents is 2. The van der Waals surface area contributed by atoms with Crippen molar-refractivity contribution in [3.8, 4) is 17.1 Å². The van der Waals surface area contributed by atoms with E-state index in [0.29, 0.717) is 36.5 Å². The second kappa shape index (κ2) is 12.9. The van der Waals surface area contributed by atoms with Crippen LogP contribution in [0.3, 0.4) is 0 Å². The minimum atomic E-state index is -0.739. The lowest BCUT2D eigenvalue weighted by molar-refractivity contribution is -0.385. The number of non-ortho nitro benzene ring substituents is 2. The van der Waals surface area contributed by atoms with Crippen molar-refractivity contribution in [2.75, 3.05) is 0 Å². The van der Waals surface area contributed by atoms with E-state index < -0.39 is 21.4 Å². The molecule has 0 saturated heterocycles. The average molecular weight is 719 g/mol. The third kappa shape index (κ3) is 6.66. The molecule has 0 spiro atoms. The third-order valence-corrected chi connectivity index (χ3v) is 7.20. The molecular weight excluding hydrogens is 702 g/mol. The Labute approximate surface area is 264 Å². The van der Waals surface area contributed by atoms with Gasteiger partial charge in [0.05, 0.1) is 31.4 Å². The van der Waals surface area contributed by atoms with Gasteiger partial charge in [-0.05, 0) is 76.1 Å². The van der Waals surface area contributed by atoms with E-state index in [1.54, 1.807) is 36.4 Å². The first-order chi connectivity index (χ1) is 21.1. The highest BCUT2D eigenvalue weighted by Crippen LogP contribution is 2.32. The Kier molecular flexibility index (Phi) is 8.83. The van der Waals surface area contributed by atoms with Crippen LogP contribution in [0.4, 0.5) is 11.4 Å². The molecule has 0 atom stereocenters. The molecule has 1 aromatic heterocycles. The molecule has 44 heavy (non-hydrogen) atoms. The molecule has 5 rings (SSSR count). The smallest absolute Gasteiger partial charge is 0.336 e. The number of rotatable bonds is 8. The number of benzene rings is 4. The number of carbonyl (C=O) groups excluding carboxylic acids is 1. The average Bonchev–Trinajstić information content (AvgIpc) is 3.01. The zero-order chi connectivity index (χ0) is 31.4. The molecule has 4 aromatic carbocycles. The molecule has 0 saturated carbocycles. The van der Waals surface area contributed by atoms with Gasteiger partial charge in [-0.15, -0.1) is 0 Å². The van der Waals surface area contributed by atoms with Crippen LogP contribution in [-0.2, 0) is 4.79 Å². The lowest BCUT2D eigenvalue weighted by atomic mass is 10.1. The number of halogens is 2. The van der Waals surface area contributed by atoms with Gasteiger partial charge in [0.1, 0.15) is 0 Å². The first-order valence-electron chi connectivity index (χ1n) is 12.5. The van der Waals surface area contributed by atoms with E-state index in [9.17, 15) is 29.8 Å². The first kappa shape index (κ1) is 30.1. The molecule has 0 fully saturated rings. The van der Waals surface area contributed by atoms with Gasteiger partial charge in [0, 0.05) is 45.9 Å². The number of esters is 1. The van der Waals surface area contributed by atoms with Crippen LogP contribution in [0.5, 0.6) is 5.75 Å². The SMILES string of the molecule is O=C(/C=C/c1ccc([N+](=O)[O-])cc1)Oc1c(Br)cc(Br)cc1C=Nn1c(-c2ccc([N+](=O)[O-])cc2)nc2ccccc2c1=O. The molecular formula is C30H17Br2N5O7. The standard InChI is InChI=1S/C30H17Br2N5O7/c31-21-15-20(28(25(32)16-21)44-27(38)14-7-18-5-10-22(11-6-18)36(40)41)17-33-35-29(19-8-12-23(13-9-19)37(42)43)34-26-4-2-1-3-24(26)30(35)39/h1-17H/b14-7+,33-17?. The van der Waals surface area contributed by atoms with E-state index in [-0.39, 0.29) is 22.9 Å². The van der Waals surface area contributed by atoms with Gasteiger partial charge in [-0.25, -0.2) is 9.78 Å². The minimum Gasteiger partial charge on any atom is -0.421 e. The summed E-state index contributed by atoms with van der Waals surface area (Å²) < 4.78 is 7.69. The molecule has 0 aliphatic rings. The summed E-state index contributed by atoms with van der Waals surface area (Å²) in [6, 6.07) is 21.2. The van der Waals surface area contributed by atoms with E-state index in [2.05, 4.69) is 41.9 Å². The van der Waals surface area contributed by atoms with Gasteiger partial charge in [-0.3, -0.25) is 25.0 Å². The van der Waals surface area contributed by atoms with E-state index >= 15 is 0 Å². The zero-order valence-electron chi connectivity index (χ0n) is 22.2. The Morgan fingerprint density at radius 3 is 2.20 bits per heavy atom. The molecule has 1 heterocycles. The Hall–Kier alpha value is -5.34. The molecule has 5 aromatic rings. The predicted molar refractivity (Wildman–Crippen MR) is 171 cm³/mol. The molecule has 0 N–H and O–H groups in total. The molecule has 0 amide bonds. The first-order valence-corrected chi connectivity index (χ1v) is 14.1. The van der Waals surface area contributed by atoms with Crippen molar-refractivity contribution in [3.63, 3.8) is 0 Å². The fourth-order valence-corrected chi connectivity index (χ4v) is 5.40. The van der Waals surface area contributed by atoms with Crippen LogP contribution >= 0.6 is 31.9 Å². The number of nitro groups is 2. The maximum absolute atomic E-state index is 13.5. The van der Waals surface area contributed by atoms with Gasteiger partial charge < -0.3 is 4.74 Å². The van der Waals surface area contributed by atoms with Crippen molar-refractivity contribution >= 4 is 72.4 Å². The molecule has 14 heteroatoms. The quantitative estimate of drug-likeness (QED) is 0.0418. The van der Waals surface area contributed by atoms with Gasteiger partial charge in [0.25, 0.3) is 16.9 Å². The van der Waals surface area contributed by atoms with Crippen LogP contribution in [0.15, 0.2) is 110 Å². The van der Waals surface area contributed by atoms with Crippen molar-refractivity contribution in [2.24, 2.45) is 5.10 Å². The maximum atomic E-state index is 13.5. The molecule has 0 bridgehead atoms. The number of hydrogen-bond acceptors (Lipinski definition) is 9. The molecule has 0 aliphatic carbocycles. The highest BCUT2D eigenvalue weighted by molar-refractivity contribution is 9.11. The normalized spacial score (nSPS) is 11.3. The summed E-state index contributed by atoms with van der Waals surface area (Å²) in [7, 11) is 0. The largest absolute Gasteiger partial charge is 0.421 e. The number of para-hydroxylation sites is 1. The van der Waals surface area contributed by atoms with Crippen LogP contribution in [0.2, 0.25) is 0 Å². The minimum absolute atomic E-state index is 0.0788. The van der Waals surface area contributed by atoms with E-state index in [0.717, 1.165) is 4.68 Å². The topological polar surface area (TPSA) is 160 Å². The van der Waals surface area contributed by atoms with E-state index in [4.69, 9.17) is 4.74 Å².